The molecule has 0 saturated carbocycles. The molecule has 0 aromatic heterocycles. The van der Waals surface area contributed by atoms with Crippen molar-refractivity contribution in [2.75, 3.05) is 0 Å². The molecule has 0 atom stereocenters. The second-order valence-electron chi connectivity index (χ2n) is 11.9. The average Bonchev–Trinajstić information content (AvgIpc) is 3.31. The van der Waals surface area contributed by atoms with E-state index in [1.54, 1.807) is 0 Å². The smallest absolute Gasteiger partial charge is 0.0815 e. The third-order valence-electron chi connectivity index (χ3n) is 8.76. The molecule has 0 amide bonds. The summed E-state index contributed by atoms with van der Waals surface area (Å²) in [7, 11) is 0. The van der Waals surface area contributed by atoms with Crippen LogP contribution in [0.3, 0.4) is 0 Å². The van der Waals surface area contributed by atoms with Crippen molar-refractivity contribution < 1.29 is 0 Å². The molecule has 0 aliphatic carbocycles. The Hall–Kier alpha value is -6.01. The SMILES string of the molecule is C=C(c1ccc(-c2ccc(C3=CC(c4ccccc4)=C=C(C)C(c4ccccc4)=N3)cc2)cc1)c1ccccc1-c1ccccc1C. The first kappa shape index (κ1) is 29.7. The first-order valence-electron chi connectivity index (χ1n) is 16.0. The fourth-order valence-corrected chi connectivity index (χ4v) is 6.18. The number of aryl methyl sites for hydroxylation is 1. The predicted molar refractivity (Wildman–Crippen MR) is 200 cm³/mol. The van der Waals surface area contributed by atoms with Gasteiger partial charge in [-0.15, -0.1) is 5.73 Å². The highest BCUT2D eigenvalue weighted by atomic mass is 14.8. The Balaban J connectivity index is 1.19. The Morgan fingerprint density at radius 2 is 1.04 bits per heavy atom. The van der Waals surface area contributed by atoms with Crippen LogP contribution in [0, 0.1) is 6.92 Å². The van der Waals surface area contributed by atoms with Gasteiger partial charge in [-0.05, 0) is 70.0 Å². The van der Waals surface area contributed by atoms with Gasteiger partial charge in [0.05, 0.1) is 11.4 Å². The maximum absolute atomic E-state index is 5.22. The van der Waals surface area contributed by atoms with Crippen molar-refractivity contribution in [2.24, 2.45) is 4.99 Å². The zero-order valence-corrected chi connectivity index (χ0v) is 26.7. The summed E-state index contributed by atoms with van der Waals surface area (Å²) in [4.78, 5) is 5.22. The van der Waals surface area contributed by atoms with Crippen LogP contribution in [0.15, 0.2) is 187 Å². The molecule has 1 heterocycles. The molecule has 0 fully saturated rings. The maximum atomic E-state index is 5.22. The minimum atomic E-state index is 0.914. The molecule has 6 aromatic rings. The van der Waals surface area contributed by atoms with Crippen molar-refractivity contribution in [3.05, 3.63) is 215 Å². The third kappa shape index (κ3) is 6.26. The van der Waals surface area contributed by atoms with E-state index >= 15 is 0 Å². The minimum Gasteiger partial charge on any atom is -0.247 e. The Morgan fingerprint density at radius 1 is 0.511 bits per heavy atom. The van der Waals surface area contributed by atoms with Gasteiger partial charge in [0.15, 0.2) is 0 Å². The summed E-state index contributed by atoms with van der Waals surface area (Å²) in [5, 5.41) is 0. The van der Waals surface area contributed by atoms with Crippen molar-refractivity contribution in [3.8, 4) is 22.3 Å². The molecule has 224 valence electrons. The van der Waals surface area contributed by atoms with Gasteiger partial charge in [0, 0.05) is 22.3 Å². The summed E-state index contributed by atoms with van der Waals surface area (Å²) in [6.07, 6.45) is 2.15. The normalized spacial score (nSPS) is 12.7. The maximum Gasteiger partial charge on any atom is 0.0815 e. The second kappa shape index (κ2) is 13.2. The van der Waals surface area contributed by atoms with Crippen LogP contribution in [-0.4, -0.2) is 5.71 Å². The van der Waals surface area contributed by atoms with Gasteiger partial charge in [-0.1, -0.05) is 164 Å². The molecule has 0 bridgehead atoms. The van der Waals surface area contributed by atoms with E-state index in [1.807, 2.05) is 12.1 Å². The van der Waals surface area contributed by atoms with Gasteiger partial charge in [0.1, 0.15) is 0 Å². The van der Waals surface area contributed by atoms with Gasteiger partial charge >= 0.3 is 0 Å². The van der Waals surface area contributed by atoms with Gasteiger partial charge in [0.25, 0.3) is 0 Å². The fourth-order valence-electron chi connectivity index (χ4n) is 6.18. The minimum absolute atomic E-state index is 0.914. The van der Waals surface area contributed by atoms with E-state index in [2.05, 4.69) is 178 Å². The van der Waals surface area contributed by atoms with Gasteiger partial charge in [-0.2, -0.15) is 0 Å². The first-order chi connectivity index (χ1) is 23.0. The van der Waals surface area contributed by atoms with Crippen molar-refractivity contribution in [2.45, 2.75) is 13.8 Å². The molecule has 47 heavy (non-hydrogen) atoms. The first-order valence-corrected chi connectivity index (χ1v) is 16.0. The van der Waals surface area contributed by atoms with E-state index in [9.17, 15) is 0 Å². The second-order valence-corrected chi connectivity index (χ2v) is 11.9. The molecule has 0 saturated heterocycles. The third-order valence-corrected chi connectivity index (χ3v) is 8.76. The van der Waals surface area contributed by atoms with E-state index < -0.39 is 0 Å². The highest BCUT2D eigenvalue weighted by Crippen LogP contribution is 2.35. The Labute approximate surface area is 277 Å². The van der Waals surface area contributed by atoms with Crippen LogP contribution in [0.2, 0.25) is 0 Å². The summed E-state index contributed by atoms with van der Waals surface area (Å²) < 4.78 is 0. The zero-order chi connectivity index (χ0) is 32.2. The molecule has 1 heteroatoms. The van der Waals surface area contributed by atoms with E-state index in [0.29, 0.717) is 0 Å². The van der Waals surface area contributed by atoms with Crippen LogP contribution in [0.1, 0.15) is 40.3 Å². The quantitative estimate of drug-likeness (QED) is 0.161. The number of hydrogen-bond acceptors (Lipinski definition) is 1. The molecular weight excluding hydrogens is 567 g/mol. The number of nitrogens with zero attached hydrogens (tertiary/aromatic N) is 1. The van der Waals surface area contributed by atoms with Gasteiger partial charge in [0.2, 0.25) is 0 Å². The van der Waals surface area contributed by atoms with E-state index in [-0.39, 0.29) is 0 Å². The van der Waals surface area contributed by atoms with Crippen molar-refractivity contribution in [1.82, 2.24) is 0 Å². The number of allylic oxidation sites excluding steroid dienone is 2. The van der Waals surface area contributed by atoms with Crippen molar-refractivity contribution in [1.29, 1.82) is 0 Å². The Morgan fingerprint density at radius 3 is 1.70 bits per heavy atom. The average molecular weight is 602 g/mol. The van der Waals surface area contributed by atoms with E-state index in [4.69, 9.17) is 4.99 Å². The standard InChI is InChI=1S/C46H35N/c1-32-14-10-11-19-42(32)44-21-13-12-20-43(44)34(3)35-22-24-37(25-23-35)38-26-28-39(29-27-38)45-31-41(36-15-6-4-7-16-36)30-33(2)46(47-45)40-17-8-5-9-18-40/h4-29,31H,3H2,1-2H3. The summed E-state index contributed by atoms with van der Waals surface area (Å²) in [5.41, 5.74) is 20.1. The van der Waals surface area contributed by atoms with E-state index in [0.717, 1.165) is 67.1 Å². The number of aliphatic imine (C=N–C) groups is 1. The van der Waals surface area contributed by atoms with Crippen molar-refractivity contribution in [3.63, 3.8) is 0 Å². The molecule has 0 radical (unpaired) electrons. The monoisotopic (exact) mass is 601 g/mol. The Bertz CT molecular complexity index is 2210. The summed E-state index contributed by atoms with van der Waals surface area (Å²) in [6, 6.07) is 55.3. The van der Waals surface area contributed by atoms with Crippen LogP contribution < -0.4 is 0 Å². The molecule has 7 rings (SSSR count). The number of hydrogen-bond donors (Lipinski definition) is 0. The zero-order valence-electron chi connectivity index (χ0n) is 26.7. The molecule has 0 N–H and O–H groups in total. The molecule has 1 nitrogen and oxygen atoms in total. The topological polar surface area (TPSA) is 12.4 Å². The largest absolute Gasteiger partial charge is 0.247 e. The number of benzene rings is 6. The molecule has 0 spiro atoms. The van der Waals surface area contributed by atoms with Crippen LogP contribution in [0.25, 0.3) is 39.1 Å². The van der Waals surface area contributed by atoms with Gasteiger partial charge < -0.3 is 0 Å². The summed E-state index contributed by atoms with van der Waals surface area (Å²) in [6.45, 7) is 8.77. The lowest BCUT2D eigenvalue weighted by atomic mass is 9.89. The lowest BCUT2D eigenvalue weighted by Gasteiger charge is -2.15. The highest BCUT2D eigenvalue weighted by molar-refractivity contribution is 6.15. The highest BCUT2D eigenvalue weighted by Gasteiger charge is 2.15. The van der Waals surface area contributed by atoms with Crippen LogP contribution in [0.5, 0.6) is 0 Å². The predicted octanol–water partition coefficient (Wildman–Crippen LogP) is 11.9. The van der Waals surface area contributed by atoms with Crippen LogP contribution >= 0.6 is 0 Å². The summed E-state index contributed by atoms with van der Waals surface area (Å²) in [5.74, 6) is 0. The van der Waals surface area contributed by atoms with Gasteiger partial charge in [-0.25, -0.2) is 4.99 Å². The van der Waals surface area contributed by atoms with Crippen molar-refractivity contribution >= 4 is 22.6 Å². The fraction of sp³-hybridized carbons (Fsp3) is 0.0435. The lowest BCUT2D eigenvalue weighted by Crippen LogP contribution is -2.02. The number of rotatable bonds is 7. The molecule has 1 aliphatic heterocycles. The lowest BCUT2D eigenvalue weighted by molar-refractivity contribution is 1.44. The Kier molecular flexibility index (Phi) is 8.31. The molecule has 0 unspecified atom stereocenters. The summed E-state index contributed by atoms with van der Waals surface area (Å²) >= 11 is 0. The molecule has 1 aliphatic rings. The van der Waals surface area contributed by atoms with Gasteiger partial charge in [-0.3, -0.25) is 0 Å². The molecular formula is C46H35N. The van der Waals surface area contributed by atoms with Crippen LogP contribution in [0.4, 0.5) is 0 Å². The molecule has 6 aromatic carbocycles. The van der Waals surface area contributed by atoms with Crippen LogP contribution in [-0.2, 0) is 0 Å². The van der Waals surface area contributed by atoms with E-state index in [1.165, 1.54) is 16.7 Å².